The van der Waals surface area contributed by atoms with E-state index >= 15 is 0 Å². The van der Waals surface area contributed by atoms with Crippen LogP contribution in [0, 0.1) is 17.8 Å². The van der Waals surface area contributed by atoms with Gasteiger partial charge in [-0.25, -0.2) is 0 Å². The van der Waals surface area contributed by atoms with Crippen LogP contribution in [0.1, 0.15) is 12.8 Å². The van der Waals surface area contributed by atoms with Gasteiger partial charge in [-0.05, 0) is 37.1 Å². The largest absolute Gasteiger partial charge is 0.313 e. The van der Waals surface area contributed by atoms with E-state index < -0.39 is 0 Å². The van der Waals surface area contributed by atoms with Crippen LogP contribution in [0.25, 0.3) is 0 Å². The molecule has 1 aliphatic heterocycles. The second kappa shape index (κ2) is 0.971. The molecule has 0 aromatic carbocycles. The molecule has 3 rings (SSSR count). The maximum Gasteiger partial charge on any atom is 0.0104 e. The SMILES string of the molecule is C1N[C@@H]2CC3C[C@H]1[C@@H]32. The van der Waals surface area contributed by atoms with E-state index in [1.54, 1.807) is 6.42 Å². The average Bonchev–Trinajstić information content (AvgIpc) is 2.02. The van der Waals surface area contributed by atoms with E-state index in [0.29, 0.717) is 0 Å². The van der Waals surface area contributed by atoms with Gasteiger partial charge in [-0.3, -0.25) is 0 Å². The van der Waals surface area contributed by atoms with Crippen molar-refractivity contribution >= 4 is 0 Å². The molecule has 0 amide bonds. The second-order valence-corrected chi connectivity index (χ2v) is 3.58. The van der Waals surface area contributed by atoms with Crippen LogP contribution in [0.15, 0.2) is 0 Å². The predicted molar refractivity (Wildman–Crippen MR) is 31.5 cm³/mol. The molecule has 1 saturated heterocycles. The number of hydrogen-bond donors (Lipinski definition) is 1. The highest BCUT2D eigenvalue weighted by Crippen LogP contribution is 2.57. The summed E-state index contributed by atoms with van der Waals surface area (Å²) in [6, 6.07) is 0.971. The van der Waals surface area contributed by atoms with Gasteiger partial charge >= 0.3 is 0 Å². The quantitative estimate of drug-likeness (QED) is 0.480. The molecular formula is C7H11N. The first kappa shape index (κ1) is 3.89. The maximum absolute atomic E-state index is 3.55. The van der Waals surface area contributed by atoms with E-state index in [2.05, 4.69) is 5.32 Å². The topological polar surface area (TPSA) is 12.0 Å². The van der Waals surface area contributed by atoms with Gasteiger partial charge in [0.1, 0.15) is 0 Å². The van der Waals surface area contributed by atoms with E-state index in [1.165, 1.54) is 18.9 Å². The number of hydrogen-bond acceptors (Lipinski definition) is 1. The average molecular weight is 109 g/mol. The zero-order valence-electron chi connectivity index (χ0n) is 4.93. The van der Waals surface area contributed by atoms with Crippen molar-refractivity contribution < 1.29 is 0 Å². The van der Waals surface area contributed by atoms with E-state index in [0.717, 1.165) is 17.9 Å². The zero-order valence-corrected chi connectivity index (χ0v) is 4.93. The Morgan fingerprint density at radius 1 is 1.12 bits per heavy atom. The molecule has 0 bridgehead atoms. The summed E-state index contributed by atoms with van der Waals surface area (Å²) >= 11 is 0. The Labute approximate surface area is 49.5 Å². The Morgan fingerprint density at radius 2 is 2.12 bits per heavy atom. The third-order valence-electron chi connectivity index (χ3n) is 3.36. The molecule has 1 nitrogen and oxygen atoms in total. The van der Waals surface area contributed by atoms with Crippen molar-refractivity contribution in [3.63, 3.8) is 0 Å². The molecule has 8 heavy (non-hydrogen) atoms. The first-order chi connectivity index (χ1) is 3.95. The minimum atomic E-state index is 0.971. The van der Waals surface area contributed by atoms with Crippen LogP contribution in [-0.2, 0) is 0 Å². The Balaban J connectivity index is 1.96. The van der Waals surface area contributed by atoms with Crippen molar-refractivity contribution in [1.29, 1.82) is 0 Å². The van der Waals surface area contributed by atoms with Crippen LogP contribution < -0.4 is 5.32 Å². The summed E-state index contributed by atoms with van der Waals surface area (Å²) < 4.78 is 0. The molecule has 0 aromatic heterocycles. The van der Waals surface area contributed by atoms with Crippen LogP contribution >= 0.6 is 0 Å². The minimum absolute atomic E-state index is 0.971. The minimum Gasteiger partial charge on any atom is -0.313 e. The summed E-state index contributed by atoms with van der Waals surface area (Å²) in [5.41, 5.74) is 0. The number of nitrogens with one attached hydrogen (secondary N) is 1. The molecule has 3 fully saturated rings. The Hall–Kier alpha value is -0.0400. The molecule has 0 radical (unpaired) electrons. The van der Waals surface area contributed by atoms with Crippen molar-refractivity contribution in [2.24, 2.45) is 17.8 Å². The van der Waals surface area contributed by atoms with E-state index in [1.807, 2.05) is 0 Å². The maximum atomic E-state index is 3.55. The van der Waals surface area contributed by atoms with Crippen LogP contribution in [0.5, 0.6) is 0 Å². The lowest BCUT2D eigenvalue weighted by Gasteiger charge is -2.52. The van der Waals surface area contributed by atoms with Crippen LogP contribution in [0.2, 0.25) is 0 Å². The Bertz CT molecular complexity index is 114. The molecular weight excluding hydrogens is 98.1 g/mol. The Kier molecular flexibility index (Phi) is 0.472. The smallest absolute Gasteiger partial charge is 0.0104 e. The van der Waals surface area contributed by atoms with E-state index in [9.17, 15) is 0 Å². The second-order valence-electron chi connectivity index (χ2n) is 3.58. The third kappa shape index (κ3) is 0.235. The summed E-state index contributed by atoms with van der Waals surface area (Å²) in [5.74, 6) is 3.42. The van der Waals surface area contributed by atoms with Crippen molar-refractivity contribution in [1.82, 2.24) is 5.32 Å². The van der Waals surface area contributed by atoms with Crippen molar-refractivity contribution in [2.75, 3.05) is 6.54 Å². The highest BCUT2D eigenvalue weighted by atomic mass is 15.0. The lowest BCUT2D eigenvalue weighted by Crippen LogP contribution is -2.51. The van der Waals surface area contributed by atoms with Gasteiger partial charge < -0.3 is 5.32 Å². The monoisotopic (exact) mass is 109 g/mol. The molecule has 2 aliphatic carbocycles. The van der Waals surface area contributed by atoms with E-state index in [4.69, 9.17) is 0 Å². The lowest BCUT2D eigenvalue weighted by atomic mass is 9.53. The first-order valence-corrected chi connectivity index (χ1v) is 3.68. The standard InChI is InChI=1S/C7H11N/c1-4-2-6-7(4)5(1)3-8-6/h4-8H,1-3H2/t4?,5-,6-,7-/m1/s1. The molecule has 4 atom stereocenters. The predicted octanol–water partition coefficient (Wildman–Crippen LogP) is 0.614. The van der Waals surface area contributed by atoms with Gasteiger partial charge in [0.15, 0.2) is 0 Å². The third-order valence-corrected chi connectivity index (χ3v) is 3.36. The van der Waals surface area contributed by atoms with Gasteiger partial charge in [-0.1, -0.05) is 0 Å². The van der Waals surface area contributed by atoms with Crippen LogP contribution in [0.3, 0.4) is 0 Å². The number of rotatable bonds is 0. The molecule has 0 spiro atoms. The normalized spacial score (nSPS) is 66.0. The highest BCUT2D eigenvalue weighted by Gasteiger charge is 2.57. The molecule has 3 aliphatic rings. The zero-order chi connectivity index (χ0) is 5.14. The molecule has 1 N–H and O–H groups in total. The molecule has 1 heteroatoms. The lowest BCUT2D eigenvalue weighted by molar-refractivity contribution is -0.00198. The molecule has 0 aromatic rings. The fourth-order valence-electron chi connectivity index (χ4n) is 2.83. The fourth-order valence-corrected chi connectivity index (χ4v) is 2.83. The summed E-state index contributed by atoms with van der Waals surface area (Å²) in [4.78, 5) is 0. The first-order valence-electron chi connectivity index (χ1n) is 3.68. The summed E-state index contributed by atoms with van der Waals surface area (Å²) in [7, 11) is 0. The molecule has 1 heterocycles. The van der Waals surface area contributed by atoms with Crippen molar-refractivity contribution in [3.05, 3.63) is 0 Å². The summed E-state index contributed by atoms with van der Waals surface area (Å²) in [6.45, 7) is 1.34. The molecule has 2 saturated carbocycles. The van der Waals surface area contributed by atoms with Gasteiger partial charge in [0, 0.05) is 6.04 Å². The molecule has 44 valence electrons. The van der Waals surface area contributed by atoms with Crippen molar-refractivity contribution in [2.45, 2.75) is 18.9 Å². The van der Waals surface area contributed by atoms with Gasteiger partial charge in [0.05, 0.1) is 0 Å². The summed E-state index contributed by atoms with van der Waals surface area (Å²) in [6.07, 6.45) is 3.05. The van der Waals surface area contributed by atoms with Crippen LogP contribution in [-0.4, -0.2) is 12.6 Å². The Morgan fingerprint density at radius 3 is 2.75 bits per heavy atom. The molecule has 1 unspecified atom stereocenters. The van der Waals surface area contributed by atoms with Gasteiger partial charge in [0.25, 0.3) is 0 Å². The fraction of sp³-hybridized carbons (Fsp3) is 1.00. The van der Waals surface area contributed by atoms with E-state index in [-0.39, 0.29) is 0 Å². The summed E-state index contributed by atoms with van der Waals surface area (Å²) in [5, 5.41) is 3.55. The van der Waals surface area contributed by atoms with Gasteiger partial charge in [-0.2, -0.15) is 0 Å². The highest BCUT2D eigenvalue weighted by molar-refractivity contribution is 5.10. The van der Waals surface area contributed by atoms with Gasteiger partial charge in [0.2, 0.25) is 0 Å². The van der Waals surface area contributed by atoms with Crippen molar-refractivity contribution in [3.8, 4) is 0 Å². The van der Waals surface area contributed by atoms with Gasteiger partial charge in [-0.15, -0.1) is 0 Å². The van der Waals surface area contributed by atoms with Crippen LogP contribution in [0.4, 0.5) is 0 Å².